The van der Waals surface area contributed by atoms with Crippen LogP contribution < -0.4 is 9.47 Å². The molecule has 2 aromatic rings. The number of carboxylic acids is 1. The van der Waals surface area contributed by atoms with Crippen LogP contribution in [-0.4, -0.2) is 30.3 Å². The fourth-order valence-electron chi connectivity index (χ4n) is 3.63. The summed E-state index contributed by atoms with van der Waals surface area (Å²) in [4.78, 5) is 35.9. The summed E-state index contributed by atoms with van der Waals surface area (Å²) in [6.07, 6.45) is 1.51. The van der Waals surface area contributed by atoms with Crippen molar-refractivity contribution in [2.24, 2.45) is 0 Å². The smallest absolute Gasteiger partial charge is 0.496 e. The summed E-state index contributed by atoms with van der Waals surface area (Å²) < 4.78 is 21.6. The molecular formula is C25H26O8. The van der Waals surface area contributed by atoms with Gasteiger partial charge in [0, 0.05) is 17.5 Å². The fourth-order valence-corrected chi connectivity index (χ4v) is 3.63. The minimum Gasteiger partial charge on any atom is -0.496 e. The van der Waals surface area contributed by atoms with Crippen LogP contribution in [0.25, 0.3) is 0 Å². The van der Waals surface area contributed by atoms with Crippen molar-refractivity contribution in [1.82, 2.24) is 0 Å². The number of rotatable bonds is 9. The third kappa shape index (κ3) is 5.71. The van der Waals surface area contributed by atoms with Crippen molar-refractivity contribution < 1.29 is 38.4 Å². The van der Waals surface area contributed by atoms with E-state index in [0.717, 1.165) is 16.7 Å². The van der Waals surface area contributed by atoms with Gasteiger partial charge in [-0.15, -0.1) is 0 Å². The Kier molecular flexibility index (Phi) is 7.71. The van der Waals surface area contributed by atoms with Gasteiger partial charge in [-0.3, -0.25) is 4.79 Å². The molecule has 1 aliphatic heterocycles. The number of hydrogen-bond donors (Lipinski definition) is 1. The lowest BCUT2D eigenvalue weighted by Crippen LogP contribution is -2.15. The van der Waals surface area contributed by atoms with Crippen LogP contribution in [0.4, 0.5) is 4.79 Å². The number of aliphatic carboxylic acids is 1. The van der Waals surface area contributed by atoms with Gasteiger partial charge in [0.05, 0.1) is 7.11 Å². The first-order valence-corrected chi connectivity index (χ1v) is 10.5. The quantitative estimate of drug-likeness (QED) is 0.329. The maximum Gasteiger partial charge on any atom is 0.514 e. The number of carbonyl (C=O) groups excluding carboxylic acids is 2. The van der Waals surface area contributed by atoms with Crippen molar-refractivity contribution in [2.75, 3.05) is 7.11 Å². The Hall–Kier alpha value is -3.81. The van der Waals surface area contributed by atoms with E-state index in [1.165, 1.54) is 7.11 Å². The number of methoxy groups -OCH3 is 1. The second kappa shape index (κ2) is 10.7. The lowest BCUT2D eigenvalue weighted by Gasteiger charge is -2.18. The molecule has 0 atom stereocenters. The molecule has 1 N–H and O–H groups in total. The van der Waals surface area contributed by atoms with Gasteiger partial charge < -0.3 is 24.1 Å². The zero-order chi connectivity index (χ0) is 24.0. The number of carbonyl (C=O) groups is 3. The molecule has 0 fully saturated rings. The summed E-state index contributed by atoms with van der Waals surface area (Å²) in [5, 5.41) is 8.91. The molecule has 0 saturated carbocycles. The van der Waals surface area contributed by atoms with Gasteiger partial charge in [0.25, 0.3) is 0 Å². The molecule has 2 aromatic carbocycles. The van der Waals surface area contributed by atoms with Crippen LogP contribution in [0.2, 0.25) is 0 Å². The lowest BCUT2D eigenvalue weighted by molar-refractivity contribution is -0.136. The molecule has 0 unspecified atom stereocenters. The predicted octanol–water partition coefficient (Wildman–Crippen LogP) is 4.74. The summed E-state index contributed by atoms with van der Waals surface area (Å²) >= 11 is 0. The Morgan fingerprint density at radius 1 is 1.15 bits per heavy atom. The van der Waals surface area contributed by atoms with Crippen LogP contribution in [0, 0.1) is 6.92 Å². The number of esters is 1. The van der Waals surface area contributed by atoms with Crippen molar-refractivity contribution in [2.45, 2.75) is 46.3 Å². The first-order chi connectivity index (χ1) is 15.8. The Balaban J connectivity index is 1.93. The van der Waals surface area contributed by atoms with Crippen LogP contribution >= 0.6 is 0 Å². The van der Waals surface area contributed by atoms with E-state index in [2.05, 4.69) is 0 Å². The highest BCUT2D eigenvalue weighted by Crippen LogP contribution is 2.43. The number of cyclic esters (lactones) is 1. The second-order valence-electron chi connectivity index (χ2n) is 7.67. The van der Waals surface area contributed by atoms with E-state index < -0.39 is 18.1 Å². The molecule has 0 aliphatic carbocycles. The first kappa shape index (κ1) is 23.8. The van der Waals surface area contributed by atoms with Gasteiger partial charge in [-0.1, -0.05) is 42.0 Å². The van der Waals surface area contributed by atoms with E-state index in [9.17, 15) is 14.4 Å². The highest BCUT2D eigenvalue weighted by Gasteiger charge is 2.34. The molecule has 0 aromatic heterocycles. The fraction of sp³-hybridized carbons (Fsp3) is 0.320. The van der Waals surface area contributed by atoms with E-state index >= 15 is 0 Å². The molecule has 1 aliphatic rings. The average molecular weight is 454 g/mol. The standard InChI is InChI=1S/C25H26O8/c1-15(10-12-20(26)27)9-11-18-22(30-3)16(2)19-14-31-24(28)21(19)23(18)33-25(29)32-13-17-7-5-4-6-8-17/h4-9H,10-14H2,1-3H3,(H,26,27)/b15-9+. The molecule has 0 spiro atoms. The highest BCUT2D eigenvalue weighted by molar-refractivity contribution is 5.99. The Labute approximate surface area is 191 Å². The van der Waals surface area contributed by atoms with E-state index in [1.54, 1.807) is 0 Å². The van der Waals surface area contributed by atoms with Crippen molar-refractivity contribution in [3.05, 3.63) is 69.8 Å². The van der Waals surface area contributed by atoms with Crippen molar-refractivity contribution in [1.29, 1.82) is 0 Å². The molecule has 1 heterocycles. The third-order valence-corrected chi connectivity index (χ3v) is 5.40. The molecule has 8 heteroatoms. The van der Waals surface area contributed by atoms with Crippen LogP contribution in [0.15, 0.2) is 42.0 Å². The predicted molar refractivity (Wildman–Crippen MR) is 118 cm³/mol. The number of carboxylic acid groups (broad SMARTS) is 1. The monoisotopic (exact) mass is 454 g/mol. The molecule has 8 nitrogen and oxygen atoms in total. The average Bonchev–Trinajstić information content (AvgIpc) is 3.19. The summed E-state index contributed by atoms with van der Waals surface area (Å²) in [6.45, 7) is 3.69. The van der Waals surface area contributed by atoms with Gasteiger partial charge in [0.2, 0.25) is 0 Å². The Bertz CT molecular complexity index is 1090. The van der Waals surface area contributed by atoms with E-state index in [0.29, 0.717) is 23.3 Å². The third-order valence-electron chi connectivity index (χ3n) is 5.40. The minimum absolute atomic E-state index is 0.00415. The Morgan fingerprint density at radius 2 is 1.88 bits per heavy atom. The lowest BCUT2D eigenvalue weighted by atomic mass is 9.94. The summed E-state index contributed by atoms with van der Waals surface area (Å²) in [6, 6.07) is 9.14. The largest absolute Gasteiger partial charge is 0.514 e. The summed E-state index contributed by atoms with van der Waals surface area (Å²) in [5.41, 5.74) is 3.61. The summed E-state index contributed by atoms with van der Waals surface area (Å²) in [7, 11) is 1.49. The van der Waals surface area contributed by atoms with Gasteiger partial charge in [0.1, 0.15) is 24.5 Å². The van der Waals surface area contributed by atoms with Gasteiger partial charge in [-0.05, 0) is 37.8 Å². The van der Waals surface area contributed by atoms with Gasteiger partial charge >= 0.3 is 18.1 Å². The molecule has 33 heavy (non-hydrogen) atoms. The molecule has 0 radical (unpaired) electrons. The van der Waals surface area contributed by atoms with E-state index in [-0.39, 0.29) is 37.4 Å². The Morgan fingerprint density at radius 3 is 2.55 bits per heavy atom. The van der Waals surface area contributed by atoms with E-state index in [1.807, 2.05) is 50.3 Å². The number of fused-ring (bicyclic) bond motifs is 1. The molecule has 174 valence electrons. The van der Waals surface area contributed by atoms with E-state index in [4.69, 9.17) is 24.1 Å². The maximum absolute atomic E-state index is 12.5. The topological polar surface area (TPSA) is 108 Å². The maximum atomic E-state index is 12.5. The SMILES string of the molecule is COc1c(C)c2c(c(OC(=O)OCc3ccccc3)c1C/C=C(\C)CCC(=O)O)C(=O)OC2. The second-order valence-corrected chi connectivity index (χ2v) is 7.67. The number of hydrogen-bond acceptors (Lipinski definition) is 7. The number of allylic oxidation sites excluding steroid dienone is 2. The summed E-state index contributed by atoms with van der Waals surface area (Å²) in [5.74, 6) is -0.966. The molecule has 0 bridgehead atoms. The molecular weight excluding hydrogens is 428 g/mol. The van der Waals surface area contributed by atoms with Crippen molar-refractivity contribution in [3.63, 3.8) is 0 Å². The first-order valence-electron chi connectivity index (χ1n) is 10.5. The molecule has 3 rings (SSSR count). The minimum atomic E-state index is -0.959. The number of ether oxygens (including phenoxy) is 4. The van der Waals surface area contributed by atoms with Crippen LogP contribution in [0.5, 0.6) is 11.5 Å². The molecule has 0 amide bonds. The molecule has 0 saturated heterocycles. The van der Waals surface area contributed by atoms with Gasteiger partial charge in [-0.25, -0.2) is 9.59 Å². The normalized spacial score (nSPS) is 12.7. The van der Waals surface area contributed by atoms with Crippen LogP contribution in [0.1, 0.15) is 52.4 Å². The zero-order valence-corrected chi connectivity index (χ0v) is 18.8. The van der Waals surface area contributed by atoms with Crippen molar-refractivity contribution >= 4 is 18.1 Å². The highest BCUT2D eigenvalue weighted by atomic mass is 16.7. The van der Waals surface area contributed by atoms with Crippen LogP contribution in [0.3, 0.4) is 0 Å². The van der Waals surface area contributed by atoms with Crippen molar-refractivity contribution in [3.8, 4) is 11.5 Å². The van der Waals surface area contributed by atoms with Gasteiger partial charge in [-0.2, -0.15) is 0 Å². The van der Waals surface area contributed by atoms with Crippen LogP contribution in [-0.2, 0) is 33.9 Å². The number of benzene rings is 2. The van der Waals surface area contributed by atoms with Gasteiger partial charge in [0.15, 0.2) is 5.75 Å². The zero-order valence-electron chi connectivity index (χ0n) is 18.8.